The lowest BCUT2D eigenvalue weighted by Gasteiger charge is -2.34. The third-order valence-corrected chi connectivity index (χ3v) is 4.78. The van der Waals surface area contributed by atoms with Gasteiger partial charge in [-0.15, -0.1) is 0 Å². The normalized spacial score (nSPS) is 14.8. The number of nitrogens with one attached hydrogen (secondary N) is 1. The largest absolute Gasteiger partial charge is 0.383 e. The van der Waals surface area contributed by atoms with Crippen LogP contribution < -0.4 is 5.32 Å². The van der Waals surface area contributed by atoms with Crippen molar-refractivity contribution in [1.82, 2.24) is 15.0 Å². The number of piperazine rings is 1. The molecule has 0 unspecified atom stereocenters. The van der Waals surface area contributed by atoms with Crippen molar-refractivity contribution in [3.63, 3.8) is 0 Å². The number of carbonyl (C=O) groups is 1. The zero-order valence-electron chi connectivity index (χ0n) is 16.6. The van der Waals surface area contributed by atoms with Crippen LogP contribution in [0.5, 0.6) is 0 Å². The summed E-state index contributed by atoms with van der Waals surface area (Å²) in [5, 5.41) is 18.3. The van der Waals surface area contributed by atoms with Crippen molar-refractivity contribution >= 4 is 17.3 Å². The number of nitro groups is 1. The van der Waals surface area contributed by atoms with Gasteiger partial charge in [0.2, 0.25) is 0 Å². The number of amides is 1. The molecule has 0 spiro atoms. The molecule has 1 saturated heterocycles. The maximum atomic E-state index is 12.8. The third kappa shape index (κ3) is 5.30. The third-order valence-electron chi connectivity index (χ3n) is 4.78. The van der Waals surface area contributed by atoms with Gasteiger partial charge in [-0.05, 0) is 19.1 Å². The Morgan fingerprint density at radius 1 is 1.31 bits per heavy atom. The Balaban J connectivity index is 1.61. The van der Waals surface area contributed by atoms with Crippen LogP contribution in [0.25, 0.3) is 0 Å². The van der Waals surface area contributed by atoms with Gasteiger partial charge >= 0.3 is 0 Å². The molecule has 1 aliphatic rings. The van der Waals surface area contributed by atoms with Gasteiger partial charge in [0, 0.05) is 57.5 Å². The highest BCUT2D eigenvalue weighted by molar-refractivity contribution is 5.95. The van der Waals surface area contributed by atoms with Gasteiger partial charge in [0.25, 0.3) is 11.6 Å². The highest BCUT2D eigenvalue weighted by Gasteiger charge is 2.25. The van der Waals surface area contributed by atoms with Crippen molar-refractivity contribution in [3.8, 4) is 0 Å². The van der Waals surface area contributed by atoms with Gasteiger partial charge in [-0.25, -0.2) is 0 Å². The summed E-state index contributed by atoms with van der Waals surface area (Å²) < 4.78 is 10.2. The molecule has 1 aromatic heterocycles. The summed E-state index contributed by atoms with van der Waals surface area (Å²) in [7, 11) is 1.56. The molecule has 2 aromatic rings. The minimum absolute atomic E-state index is 0.119. The molecule has 1 aromatic carbocycles. The Kier molecular flexibility index (Phi) is 6.78. The fourth-order valence-electron chi connectivity index (χ4n) is 3.26. The summed E-state index contributed by atoms with van der Waals surface area (Å²) in [5.41, 5.74) is 1.41. The lowest BCUT2D eigenvalue weighted by atomic mass is 10.1. The maximum Gasteiger partial charge on any atom is 0.293 e. The number of benzene rings is 1. The van der Waals surface area contributed by atoms with Gasteiger partial charge in [-0.3, -0.25) is 19.8 Å². The number of methoxy groups -OCH3 is 1. The summed E-state index contributed by atoms with van der Waals surface area (Å²) in [4.78, 5) is 27.7. The standard InChI is InChI=1S/C19H25N5O5/c1-14-11-16(29-21-14)13-22-6-8-23(9-7-22)19(25)15-3-4-17(20-5-10-28-2)18(12-15)24(26)27/h3-4,11-12,20H,5-10,13H2,1-2H3. The van der Waals surface area contributed by atoms with Crippen molar-refractivity contribution in [2.75, 3.05) is 51.8 Å². The molecule has 0 radical (unpaired) electrons. The molecule has 156 valence electrons. The second-order valence-corrected chi connectivity index (χ2v) is 6.91. The summed E-state index contributed by atoms with van der Waals surface area (Å²) in [6.45, 7) is 5.89. The second kappa shape index (κ2) is 9.48. The van der Waals surface area contributed by atoms with Crippen molar-refractivity contribution < 1.29 is 19.0 Å². The molecular formula is C19H25N5O5. The zero-order valence-corrected chi connectivity index (χ0v) is 16.6. The van der Waals surface area contributed by atoms with E-state index in [1.54, 1.807) is 24.1 Å². The van der Waals surface area contributed by atoms with E-state index in [-0.39, 0.29) is 11.6 Å². The molecule has 0 atom stereocenters. The first-order chi connectivity index (χ1) is 14.0. The van der Waals surface area contributed by atoms with E-state index in [4.69, 9.17) is 9.26 Å². The van der Waals surface area contributed by atoms with E-state index in [1.807, 2.05) is 13.0 Å². The van der Waals surface area contributed by atoms with Gasteiger partial charge in [0.15, 0.2) is 5.76 Å². The lowest BCUT2D eigenvalue weighted by Crippen LogP contribution is -2.48. The number of carbonyl (C=O) groups excluding carboxylic acids is 1. The van der Waals surface area contributed by atoms with Crippen LogP contribution in [0.2, 0.25) is 0 Å². The Morgan fingerprint density at radius 3 is 2.69 bits per heavy atom. The van der Waals surface area contributed by atoms with E-state index in [0.29, 0.717) is 57.1 Å². The predicted molar refractivity (Wildman–Crippen MR) is 106 cm³/mol. The van der Waals surface area contributed by atoms with E-state index >= 15 is 0 Å². The van der Waals surface area contributed by atoms with Crippen LogP contribution in [0.1, 0.15) is 21.8 Å². The summed E-state index contributed by atoms with van der Waals surface area (Å²) >= 11 is 0. The maximum absolute atomic E-state index is 12.8. The molecule has 2 heterocycles. The number of aromatic nitrogens is 1. The smallest absolute Gasteiger partial charge is 0.293 e. The van der Waals surface area contributed by atoms with E-state index in [2.05, 4.69) is 15.4 Å². The van der Waals surface area contributed by atoms with Gasteiger partial charge in [0.1, 0.15) is 5.69 Å². The first-order valence-corrected chi connectivity index (χ1v) is 9.43. The molecule has 0 aliphatic carbocycles. The summed E-state index contributed by atoms with van der Waals surface area (Å²) in [6, 6.07) is 6.43. The van der Waals surface area contributed by atoms with E-state index in [0.717, 1.165) is 11.5 Å². The van der Waals surface area contributed by atoms with Crippen LogP contribution in [0.3, 0.4) is 0 Å². The number of hydrogen-bond donors (Lipinski definition) is 1. The number of aryl methyl sites for hydroxylation is 1. The lowest BCUT2D eigenvalue weighted by molar-refractivity contribution is -0.384. The first kappa shape index (κ1) is 20.7. The van der Waals surface area contributed by atoms with Crippen molar-refractivity contribution in [1.29, 1.82) is 0 Å². The SMILES string of the molecule is COCCNc1ccc(C(=O)N2CCN(Cc3cc(C)no3)CC2)cc1[N+](=O)[O-]. The average Bonchev–Trinajstić information content (AvgIpc) is 3.13. The summed E-state index contributed by atoms with van der Waals surface area (Å²) in [5.74, 6) is 0.598. The molecule has 1 aliphatic heterocycles. The molecule has 10 heteroatoms. The Morgan fingerprint density at radius 2 is 2.07 bits per heavy atom. The summed E-state index contributed by atoms with van der Waals surface area (Å²) in [6.07, 6.45) is 0. The number of rotatable bonds is 8. The Bertz CT molecular complexity index is 860. The fourth-order valence-corrected chi connectivity index (χ4v) is 3.26. The average molecular weight is 403 g/mol. The molecule has 1 N–H and O–H groups in total. The van der Waals surface area contributed by atoms with Gasteiger partial charge < -0.3 is 19.5 Å². The van der Waals surface area contributed by atoms with Gasteiger partial charge in [0.05, 0.1) is 23.8 Å². The minimum Gasteiger partial charge on any atom is -0.383 e. The molecule has 3 rings (SSSR count). The minimum atomic E-state index is -0.483. The molecule has 10 nitrogen and oxygen atoms in total. The van der Waals surface area contributed by atoms with Gasteiger partial charge in [-0.1, -0.05) is 5.16 Å². The van der Waals surface area contributed by atoms with E-state index in [1.165, 1.54) is 6.07 Å². The predicted octanol–water partition coefficient (Wildman–Crippen LogP) is 1.91. The fraction of sp³-hybridized carbons (Fsp3) is 0.474. The van der Waals surface area contributed by atoms with Gasteiger partial charge in [-0.2, -0.15) is 0 Å². The van der Waals surface area contributed by atoms with Crippen LogP contribution >= 0.6 is 0 Å². The van der Waals surface area contributed by atoms with Crippen LogP contribution in [0.15, 0.2) is 28.8 Å². The number of hydrogen-bond acceptors (Lipinski definition) is 8. The van der Waals surface area contributed by atoms with Crippen molar-refractivity contribution in [2.45, 2.75) is 13.5 Å². The number of nitro benzene ring substituents is 1. The van der Waals surface area contributed by atoms with E-state index in [9.17, 15) is 14.9 Å². The molecule has 0 saturated carbocycles. The Labute approximate surface area is 168 Å². The molecule has 1 amide bonds. The quantitative estimate of drug-likeness (QED) is 0.404. The highest BCUT2D eigenvalue weighted by Crippen LogP contribution is 2.26. The van der Waals surface area contributed by atoms with Crippen LogP contribution in [0.4, 0.5) is 11.4 Å². The number of ether oxygens (including phenoxy) is 1. The molecule has 1 fully saturated rings. The van der Waals surface area contributed by atoms with Crippen molar-refractivity contribution in [2.24, 2.45) is 0 Å². The molecule has 0 bridgehead atoms. The second-order valence-electron chi connectivity index (χ2n) is 6.91. The molecule has 29 heavy (non-hydrogen) atoms. The van der Waals surface area contributed by atoms with Crippen LogP contribution in [-0.2, 0) is 11.3 Å². The number of anilines is 1. The Hall–Kier alpha value is -2.98. The highest BCUT2D eigenvalue weighted by atomic mass is 16.6. The van der Waals surface area contributed by atoms with E-state index < -0.39 is 4.92 Å². The monoisotopic (exact) mass is 403 g/mol. The number of nitrogens with zero attached hydrogens (tertiary/aromatic N) is 4. The first-order valence-electron chi connectivity index (χ1n) is 9.43. The van der Waals surface area contributed by atoms with Crippen LogP contribution in [0, 0.1) is 17.0 Å². The van der Waals surface area contributed by atoms with Crippen molar-refractivity contribution in [3.05, 3.63) is 51.4 Å². The van der Waals surface area contributed by atoms with Crippen LogP contribution in [-0.4, -0.2) is 72.2 Å². The zero-order chi connectivity index (χ0) is 20.8. The molecular weight excluding hydrogens is 378 g/mol. The topological polar surface area (TPSA) is 114 Å².